The molecule has 0 aliphatic rings. The number of nitrogens with one attached hydrogen (secondary N) is 1. The standard InChI is InChI=1S/C16H22N4O2.ClH/c1-11(2)16(3,10-17)19-14(21)9-20-15(22)13-7-5-4-6-12(13)8-18-20;/h4-8,11H,9-10,17H2,1-3H3,(H,19,21);1H. The lowest BCUT2D eigenvalue weighted by Crippen LogP contribution is -2.56. The molecule has 2 aromatic rings. The molecule has 0 radical (unpaired) electrons. The van der Waals surface area contributed by atoms with Crippen LogP contribution in [0.25, 0.3) is 10.8 Å². The summed E-state index contributed by atoms with van der Waals surface area (Å²) < 4.78 is 1.18. The smallest absolute Gasteiger partial charge is 0.275 e. The molecule has 0 bridgehead atoms. The van der Waals surface area contributed by atoms with Crippen molar-refractivity contribution in [3.63, 3.8) is 0 Å². The summed E-state index contributed by atoms with van der Waals surface area (Å²) in [6.45, 7) is 6.09. The second kappa shape index (κ2) is 7.57. The van der Waals surface area contributed by atoms with E-state index in [0.717, 1.165) is 5.39 Å². The fourth-order valence-electron chi connectivity index (χ4n) is 2.17. The van der Waals surface area contributed by atoms with Crippen molar-refractivity contribution < 1.29 is 4.79 Å². The van der Waals surface area contributed by atoms with Gasteiger partial charge in [0.1, 0.15) is 6.54 Å². The van der Waals surface area contributed by atoms with Crippen molar-refractivity contribution in [2.75, 3.05) is 6.54 Å². The monoisotopic (exact) mass is 338 g/mol. The maximum absolute atomic E-state index is 12.3. The highest BCUT2D eigenvalue weighted by atomic mass is 35.5. The SMILES string of the molecule is CC(C)C(C)(CN)NC(=O)Cn1ncc2ccccc2c1=O.Cl. The molecule has 2 rings (SSSR count). The zero-order valence-corrected chi connectivity index (χ0v) is 14.4. The molecule has 7 heteroatoms. The summed E-state index contributed by atoms with van der Waals surface area (Å²) in [5, 5.41) is 8.28. The van der Waals surface area contributed by atoms with Gasteiger partial charge in [-0.25, -0.2) is 4.68 Å². The Bertz CT molecular complexity index is 744. The predicted molar refractivity (Wildman–Crippen MR) is 93.7 cm³/mol. The Morgan fingerprint density at radius 2 is 2.04 bits per heavy atom. The van der Waals surface area contributed by atoms with Crippen LogP contribution in [0.15, 0.2) is 35.3 Å². The second-order valence-corrected chi connectivity index (χ2v) is 6.02. The van der Waals surface area contributed by atoms with Gasteiger partial charge in [0.15, 0.2) is 0 Å². The third kappa shape index (κ3) is 4.09. The fourth-order valence-corrected chi connectivity index (χ4v) is 2.17. The normalized spacial score (nSPS) is 13.4. The Labute approximate surface area is 141 Å². The van der Waals surface area contributed by atoms with Gasteiger partial charge in [-0.05, 0) is 18.9 Å². The highest BCUT2D eigenvalue weighted by molar-refractivity contribution is 5.85. The van der Waals surface area contributed by atoms with Crippen LogP contribution in [0.3, 0.4) is 0 Å². The molecule has 1 heterocycles. The van der Waals surface area contributed by atoms with E-state index in [1.807, 2.05) is 32.9 Å². The summed E-state index contributed by atoms with van der Waals surface area (Å²) in [5.74, 6) is -0.0886. The summed E-state index contributed by atoms with van der Waals surface area (Å²) in [5.41, 5.74) is 4.98. The predicted octanol–water partition coefficient (Wildman–Crippen LogP) is 1.31. The van der Waals surface area contributed by atoms with Crippen molar-refractivity contribution in [2.24, 2.45) is 11.7 Å². The Morgan fingerprint density at radius 3 is 2.65 bits per heavy atom. The summed E-state index contributed by atoms with van der Waals surface area (Å²) >= 11 is 0. The van der Waals surface area contributed by atoms with Crippen LogP contribution >= 0.6 is 12.4 Å². The van der Waals surface area contributed by atoms with E-state index in [2.05, 4.69) is 10.4 Å². The fraction of sp³-hybridized carbons (Fsp3) is 0.438. The third-order valence-corrected chi connectivity index (χ3v) is 4.18. The van der Waals surface area contributed by atoms with Crippen LogP contribution in [-0.4, -0.2) is 27.8 Å². The number of amides is 1. The van der Waals surface area contributed by atoms with E-state index in [1.165, 1.54) is 4.68 Å². The van der Waals surface area contributed by atoms with Gasteiger partial charge < -0.3 is 11.1 Å². The van der Waals surface area contributed by atoms with Gasteiger partial charge in [-0.15, -0.1) is 12.4 Å². The second-order valence-electron chi connectivity index (χ2n) is 6.02. The highest BCUT2D eigenvalue weighted by Crippen LogP contribution is 2.14. The van der Waals surface area contributed by atoms with Gasteiger partial charge in [-0.2, -0.15) is 5.10 Å². The van der Waals surface area contributed by atoms with Crippen molar-refractivity contribution in [2.45, 2.75) is 32.9 Å². The van der Waals surface area contributed by atoms with Gasteiger partial charge in [0, 0.05) is 11.9 Å². The minimum Gasteiger partial charge on any atom is -0.348 e. The molecule has 1 unspecified atom stereocenters. The van der Waals surface area contributed by atoms with E-state index in [1.54, 1.807) is 18.3 Å². The summed E-state index contributed by atoms with van der Waals surface area (Å²) in [4.78, 5) is 24.5. The molecule has 3 N–H and O–H groups in total. The van der Waals surface area contributed by atoms with E-state index in [4.69, 9.17) is 5.73 Å². The summed E-state index contributed by atoms with van der Waals surface area (Å²) in [6.07, 6.45) is 1.59. The molecular weight excluding hydrogens is 316 g/mol. The van der Waals surface area contributed by atoms with Crippen molar-refractivity contribution in [3.05, 3.63) is 40.8 Å². The lowest BCUT2D eigenvalue weighted by Gasteiger charge is -2.33. The van der Waals surface area contributed by atoms with Crippen LogP contribution in [0, 0.1) is 5.92 Å². The average molecular weight is 339 g/mol. The quantitative estimate of drug-likeness (QED) is 0.860. The highest BCUT2D eigenvalue weighted by Gasteiger charge is 2.28. The molecule has 0 spiro atoms. The van der Waals surface area contributed by atoms with Crippen LogP contribution in [0.1, 0.15) is 20.8 Å². The molecule has 6 nitrogen and oxygen atoms in total. The number of aromatic nitrogens is 2. The molecule has 1 aromatic heterocycles. The number of rotatable bonds is 5. The number of halogens is 1. The number of carbonyl (C=O) groups excluding carboxylic acids is 1. The first-order valence-corrected chi connectivity index (χ1v) is 7.33. The van der Waals surface area contributed by atoms with Crippen molar-refractivity contribution in [1.29, 1.82) is 0 Å². The topological polar surface area (TPSA) is 90.0 Å². The Kier molecular flexibility index (Phi) is 6.29. The number of hydrogen-bond acceptors (Lipinski definition) is 4. The van der Waals surface area contributed by atoms with Gasteiger partial charge in [0.2, 0.25) is 5.91 Å². The minimum absolute atomic E-state index is 0. The molecule has 1 amide bonds. The summed E-state index contributed by atoms with van der Waals surface area (Å²) in [7, 11) is 0. The largest absolute Gasteiger partial charge is 0.348 e. The Morgan fingerprint density at radius 1 is 1.39 bits per heavy atom. The van der Waals surface area contributed by atoms with E-state index >= 15 is 0 Å². The third-order valence-electron chi connectivity index (χ3n) is 4.18. The number of nitrogens with two attached hydrogens (primary N) is 1. The molecule has 0 saturated carbocycles. The number of nitrogens with zero attached hydrogens (tertiary/aromatic N) is 2. The van der Waals surface area contributed by atoms with Crippen LogP contribution in [0.4, 0.5) is 0 Å². The van der Waals surface area contributed by atoms with Gasteiger partial charge >= 0.3 is 0 Å². The lowest BCUT2D eigenvalue weighted by molar-refractivity contribution is -0.124. The van der Waals surface area contributed by atoms with Crippen LogP contribution in [0.5, 0.6) is 0 Å². The Balaban J connectivity index is 0.00000264. The molecule has 1 atom stereocenters. The maximum atomic E-state index is 12.3. The van der Waals surface area contributed by atoms with Gasteiger partial charge in [0.05, 0.1) is 17.1 Å². The number of hydrogen-bond donors (Lipinski definition) is 2. The molecule has 0 fully saturated rings. The van der Waals surface area contributed by atoms with Crippen LogP contribution in [0.2, 0.25) is 0 Å². The number of carbonyl (C=O) groups is 1. The first kappa shape index (κ1) is 19.1. The molecular formula is C16H23ClN4O2. The van der Waals surface area contributed by atoms with E-state index in [-0.39, 0.29) is 36.3 Å². The lowest BCUT2D eigenvalue weighted by atomic mass is 9.88. The first-order chi connectivity index (χ1) is 10.4. The van der Waals surface area contributed by atoms with E-state index in [0.29, 0.717) is 11.9 Å². The zero-order valence-electron chi connectivity index (χ0n) is 13.6. The van der Waals surface area contributed by atoms with Gasteiger partial charge in [0.25, 0.3) is 5.56 Å². The van der Waals surface area contributed by atoms with Crippen molar-refractivity contribution >= 4 is 29.1 Å². The average Bonchev–Trinajstić information content (AvgIpc) is 2.50. The summed E-state index contributed by atoms with van der Waals surface area (Å²) in [6, 6.07) is 7.18. The molecule has 0 aliphatic carbocycles. The van der Waals surface area contributed by atoms with Crippen LogP contribution in [-0.2, 0) is 11.3 Å². The minimum atomic E-state index is -0.502. The molecule has 1 aromatic carbocycles. The molecule has 0 saturated heterocycles. The van der Waals surface area contributed by atoms with E-state index < -0.39 is 5.54 Å². The Hall–Kier alpha value is -1.92. The van der Waals surface area contributed by atoms with Gasteiger partial charge in [-0.1, -0.05) is 32.0 Å². The maximum Gasteiger partial charge on any atom is 0.275 e. The number of benzene rings is 1. The molecule has 0 aliphatic heterocycles. The first-order valence-electron chi connectivity index (χ1n) is 7.33. The number of fused-ring (bicyclic) bond motifs is 1. The van der Waals surface area contributed by atoms with Crippen molar-refractivity contribution in [1.82, 2.24) is 15.1 Å². The van der Waals surface area contributed by atoms with Crippen molar-refractivity contribution in [3.8, 4) is 0 Å². The van der Waals surface area contributed by atoms with Gasteiger partial charge in [-0.3, -0.25) is 9.59 Å². The zero-order chi connectivity index (χ0) is 16.3. The molecule has 23 heavy (non-hydrogen) atoms. The van der Waals surface area contributed by atoms with E-state index in [9.17, 15) is 9.59 Å². The molecule has 126 valence electrons. The van der Waals surface area contributed by atoms with Crippen LogP contribution < -0.4 is 16.6 Å².